The van der Waals surface area contributed by atoms with Crippen molar-refractivity contribution in [3.63, 3.8) is 0 Å². The Balaban J connectivity index is 1.74. The average molecular weight is 221 g/mol. The summed E-state index contributed by atoms with van der Waals surface area (Å²) in [4.78, 5) is 18.1. The van der Waals surface area contributed by atoms with Crippen molar-refractivity contribution in [1.29, 1.82) is 0 Å². The Morgan fingerprint density at radius 1 is 1.44 bits per heavy atom. The van der Waals surface area contributed by atoms with E-state index < -0.39 is 0 Å². The topological polar surface area (TPSA) is 67.0 Å². The van der Waals surface area contributed by atoms with Crippen molar-refractivity contribution in [1.82, 2.24) is 9.97 Å². The third-order valence-electron chi connectivity index (χ3n) is 3.25. The fourth-order valence-corrected chi connectivity index (χ4v) is 2.29. The third kappa shape index (κ3) is 1.82. The highest BCUT2D eigenvalue weighted by Crippen LogP contribution is 2.39. The van der Waals surface area contributed by atoms with Gasteiger partial charge in [0.15, 0.2) is 5.82 Å². The molecular formula is C11H15N3O2. The number of H-pyrrole nitrogens is 1. The highest BCUT2D eigenvalue weighted by molar-refractivity contribution is 5.32. The largest absolute Gasteiger partial charge is 0.376 e. The van der Waals surface area contributed by atoms with Crippen molar-refractivity contribution in [2.45, 2.75) is 31.4 Å². The highest BCUT2D eigenvalue weighted by atomic mass is 16.5. The summed E-state index contributed by atoms with van der Waals surface area (Å²) in [5, 5.41) is 3.20. The molecule has 2 unspecified atom stereocenters. The van der Waals surface area contributed by atoms with Crippen molar-refractivity contribution < 1.29 is 4.74 Å². The van der Waals surface area contributed by atoms with E-state index in [1.54, 1.807) is 6.20 Å². The van der Waals surface area contributed by atoms with E-state index in [1.165, 1.54) is 19.0 Å². The van der Waals surface area contributed by atoms with E-state index in [2.05, 4.69) is 15.3 Å². The van der Waals surface area contributed by atoms with Crippen LogP contribution in [0.25, 0.3) is 0 Å². The van der Waals surface area contributed by atoms with Gasteiger partial charge < -0.3 is 15.0 Å². The zero-order chi connectivity index (χ0) is 11.0. The van der Waals surface area contributed by atoms with Crippen LogP contribution in [0.3, 0.4) is 0 Å². The van der Waals surface area contributed by atoms with Crippen molar-refractivity contribution in [2.75, 3.05) is 11.9 Å². The van der Waals surface area contributed by atoms with Crippen molar-refractivity contribution in [2.24, 2.45) is 5.92 Å². The minimum atomic E-state index is -0.163. The summed E-state index contributed by atoms with van der Waals surface area (Å²) >= 11 is 0. The first-order chi connectivity index (χ1) is 7.84. The maximum atomic E-state index is 11.5. The second-order valence-electron chi connectivity index (χ2n) is 4.48. The molecule has 5 heteroatoms. The SMILES string of the molecule is O=c1[nH]ccnc1NC1CCOC1C1CC1. The second kappa shape index (κ2) is 3.90. The van der Waals surface area contributed by atoms with Crippen LogP contribution in [0.4, 0.5) is 5.82 Å². The summed E-state index contributed by atoms with van der Waals surface area (Å²) in [7, 11) is 0. The first-order valence-electron chi connectivity index (χ1n) is 5.76. The zero-order valence-corrected chi connectivity index (χ0v) is 8.98. The summed E-state index contributed by atoms with van der Waals surface area (Å²) < 4.78 is 5.70. The van der Waals surface area contributed by atoms with Crippen LogP contribution in [0, 0.1) is 5.92 Å². The van der Waals surface area contributed by atoms with Gasteiger partial charge in [-0.3, -0.25) is 4.79 Å². The number of nitrogens with zero attached hydrogens (tertiary/aromatic N) is 1. The Kier molecular flexibility index (Phi) is 2.40. The first-order valence-corrected chi connectivity index (χ1v) is 5.76. The number of hydrogen-bond acceptors (Lipinski definition) is 4. The molecule has 16 heavy (non-hydrogen) atoms. The minimum Gasteiger partial charge on any atom is -0.376 e. The molecule has 0 radical (unpaired) electrons. The molecule has 0 amide bonds. The van der Waals surface area contributed by atoms with E-state index >= 15 is 0 Å². The molecule has 1 aromatic heterocycles. The molecule has 86 valence electrons. The van der Waals surface area contributed by atoms with E-state index in [0.717, 1.165) is 13.0 Å². The molecule has 0 bridgehead atoms. The molecule has 3 rings (SSSR count). The van der Waals surface area contributed by atoms with Gasteiger partial charge >= 0.3 is 0 Å². The van der Waals surface area contributed by atoms with Gasteiger partial charge in [-0.05, 0) is 25.2 Å². The van der Waals surface area contributed by atoms with E-state index in [0.29, 0.717) is 11.7 Å². The molecule has 2 N–H and O–H groups in total. The molecule has 2 atom stereocenters. The molecule has 1 aliphatic carbocycles. The van der Waals surface area contributed by atoms with Gasteiger partial charge in [-0.1, -0.05) is 0 Å². The van der Waals surface area contributed by atoms with Crippen LogP contribution in [-0.2, 0) is 4.74 Å². The summed E-state index contributed by atoms with van der Waals surface area (Å²) in [5.74, 6) is 1.09. The Bertz CT molecular complexity index is 427. The van der Waals surface area contributed by atoms with Gasteiger partial charge in [-0.2, -0.15) is 0 Å². The van der Waals surface area contributed by atoms with Crippen molar-refractivity contribution >= 4 is 5.82 Å². The number of hydrogen-bond donors (Lipinski definition) is 2. The molecule has 2 fully saturated rings. The molecule has 1 saturated heterocycles. The number of aromatic amines is 1. The van der Waals surface area contributed by atoms with Gasteiger partial charge in [-0.15, -0.1) is 0 Å². The van der Waals surface area contributed by atoms with Gasteiger partial charge in [0, 0.05) is 19.0 Å². The fourth-order valence-electron chi connectivity index (χ4n) is 2.29. The molecule has 1 saturated carbocycles. The molecule has 2 aliphatic rings. The average Bonchev–Trinajstić information content (AvgIpc) is 3.03. The van der Waals surface area contributed by atoms with Crippen LogP contribution >= 0.6 is 0 Å². The van der Waals surface area contributed by atoms with Crippen LogP contribution in [0.15, 0.2) is 17.2 Å². The van der Waals surface area contributed by atoms with Crippen molar-refractivity contribution in [3.8, 4) is 0 Å². The minimum absolute atomic E-state index is 0.163. The number of anilines is 1. The summed E-state index contributed by atoms with van der Waals surface area (Å²) in [6.45, 7) is 0.781. The van der Waals surface area contributed by atoms with Crippen LogP contribution in [-0.4, -0.2) is 28.7 Å². The first kappa shape index (κ1) is 9.84. The fraction of sp³-hybridized carbons (Fsp3) is 0.636. The summed E-state index contributed by atoms with van der Waals surface area (Å²) in [6.07, 6.45) is 6.85. The van der Waals surface area contributed by atoms with E-state index in [4.69, 9.17) is 4.74 Å². The second-order valence-corrected chi connectivity index (χ2v) is 4.48. The van der Waals surface area contributed by atoms with E-state index in [9.17, 15) is 4.79 Å². The molecule has 1 aromatic rings. The number of aromatic nitrogens is 2. The van der Waals surface area contributed by atoms with Gasteiger partial charge in [0.05, 0.1) is 12.1 Å². The molecule has 2 heterocycles. The van der Waals surface area contributed by atoms with Crippen LogP contribution < -0.4 is 10.9 Å². The molecule has 0 aromatic carbocycles. The molecular weight excluding hydrogens is 206 g/mol. The van der Waals surface area contributed by atoms with Crippen molar-refractivity contribution in [3.05, 3.63) is 22.7 Å². The van der Waals surface area contributed by atoms with Gasteiger partial charge in [-0.25, -0.2) is 4.98 Å². The standard InChI is InChI=1S/C11H15N3O2/c15-11-10(12-4-5-13-11)14-8-3-6-16-9(8)7-1-2-7/h4-5,7-9H,1-3,6H2,(H,12,14)(H,13,15). The zero-order valence-electron chi connectivity index (χ0n) is 8.98. The predicted molar refractivity (Wildman–Crippen MR) is 59.3 cm³/mol. The van der Waals surface area contributed by atoms with Gasteiger partial charge in [0.2, 0.25) is 0 Å². The lowest BCUT2D eigenvalue weighted by molar-refractivity contribution is 0.0898. The lowest BCUT2D eigenvalue weighted by Gasteiger charge is -2.19. The summed E-state index contributed by atoms with van der Waals surface area (Å²) in [6, 6.07) is 0.239. The van der Waals surface area contributed by atoms with Crippen LogP contribution in [0.1, 0.15) is 19.3 Å². The van der Waals surface area contributed by atoms with E-state index in [1.807, 2.05) is 0 Å². The Morgan fingerprint density at radius 3 is 3.06 bits per heavy atom. The molecule has 0 spiro atoms. The maximum absolute atomic E-state index is 11.5. The Hall–Kier alpha value is -1.36. The predicted octanol–water partition coefficient (Wildman–Crippen LogP) is 0.749. The number of nitrogens with one attached hydrogen (secondary N) is 2. The Labute approximate surface area is 93.2 Å². The highest BCUT2D eigenvalue weighted by Gasteiger charge is 2.40. The smallest absolute Gasteiger partial charge is 0.290 e. The lowest BCUT2D eigenvalue weighted by Crippen LogP contribution is -2.33. The molecule has 1 aliphatic heterocycles. The Morgan fingerprint density at radius 2 is 2.31 bits per heavy atom. The van der Waals surface area contributed by atoms with E-state index in [-0.39, 0.29) is 17.7 Å². The van der Waals surface area contributed by atoms with Crippen LogP contribution in [0.5, 0.6) is 0 Å². The third-order valence-corrected chi connectivity index (χ3v) is 3.25. The maximum Gasteiger partial charge on any atom is 0.290 e. The monoisotopic (exact) mass is 221 g/mol. The van der Waals surface area contributed by atoms with Gasteiger partial charge in [0.1, 0.15) is 0 Å². The normalized spacial score (nSPS) is 29.2. The number of ether oxygens (including phenoxy) is 1. The van der Waals surface area contributed by atoms with Gasteiger partial charge in [0.25, 0.3) is 5.56 Å². The van der Waals surface area contributed by atoms with Crippen LogP contribution in [0.2, 0.25) is 0 Å². The summed E-state index contributed by atoms with van der Waals surface area (Å²) in [5.41, 5.74) is -0.163. The lowest BCUT2D eigenvalue weighted by atomic mass is 10.1. The number of rotatable bonds is 3. The molecule has 5 nitrogen and oxygen atoms in total. The quantitative estimate of drug-likeness (QED) is 0.790.